The van der Waals surface area contributed by atoms with Crippen molar-refractivity contribution in [2.24, 2.45) is 5.92 Å². The Bertz CT molecular complexity index is 1500. The fraction of sp³-hybridized carbons (Fsp3) is 0.385. The fourth-order valence-electron chi connectivity index (χ4n) is 4.99. The summed E-state index contributed by atoms with van der Waals surface area (Å²) in [5, 5.41) is 15.9. The zero-order valence-corrected chi connectivity index (χ0v) is 21.6. The molecule has 3 heterocycles. The average molecular weight is 548 g/mol. The third kappa shape index (κ3) is 5.70. The molecule has 38 heavy (non-hydrogen) atoms. The van der Waals surface area contributed by atoms with E-state index < -0.39 is 22.6 Å². The topological polar surface area (TPSA) is 104 Å². The van der Waals surface area contributed by atoms with Crippen LogP contribution in [0.4, 0.5) is 13.2 Å². The smallest absolute Gasteiger partial charge is 0.401 e. The zero-order valence-electron chi connectivity index (χ0n) is 20.7. The Hall–Kier alpha value is -3.38. The van der Waals surface area contributed by atoms with Gasteiger partial charge >= 0.3 is 6.18 Å². The Morgan fingerprint density at radius 2 is 1.76 bits per heavy atom. The molecule has 5 rings (SSSR count). The molecule has 0 aliphatic carbocycles. The monoisotopic (exact) mass is 547 g/mol. The zero-order chi connectivity index (χ0) is 27.1. The summed E-state index contributed by atoms with van der Waals surface area (Å²) in [7, 11) is -3.38. The van der Waals surface area contributed by atoms with Gasteiger partial charge in [0.2, 0.25) is 11.8 Å². The minimum absolute atomic E-state index is 0.0826. The minimum Gasteiger partial charge on any atom is -0.493 e. The van der Waals surface area contributed by atoms with E-state index in [2.05, 4.69) is 15.1 Å². The van der Waals surface area contributed by atoms with Crippen molar-refractivity contribution in [2.45, 2.75) is 36.8 Å². The first-order valence-electron chi connectivity index (χ1n) is 12.3. The predicted molar refractivity (Wildman–Crippen MR) is 137 cm³/mol. The van der Waals surface area contributed by atoms with Crippen LogP contribution in [0.3, 0.4) is 0 Å². The number of aromatic nitrogens is 4. The van der Waals surface area contributed by atoms with Crippen LogP contribution in [0.1, 0.15) is 24.8 Å². The summed E-state index contributed by atoms with van der Waals surface area (Å²) in [6.45, 7) is -0.124. The number of piperidine rings is 1. The van der Waals surface area contributed by atoms with Gasteiger partial charge in [0.05, 0.1) is 22.5 Å². The lowest BCUT2D eigenvalue weighted by molar-refractivity contribution is -0.148. The lowest BCUT2D eigenvalue weighted by Crippen LogP contribution is -2.40. The van der Waals surface area contributed by atoms with Gasteiger partial charge < -0.3 is 10.1 Å². The first-order chi connectivity index (χ1) is 18.0. The van der Waals surface area contributed by atoms with Crippen LogP contribution < -0.4 is 0 Å². The average Bonchev–Trinajstić information content (AvgIpc) is 3.43. The van der Waals surface area contributed by atoms with Crippen LogP contribution >= 0.6 is 0 Å². The number of imidazole rings is 1. The van der Waals surface area contributed by atoms with Crippen LogP contribution in [0.25, 0.3) is 28.2 Å². The molecule has 1 aliphatic heterocycles. The molecular weight excluding hydrogens is 519 g/mol. The van der Waals surface area contributed by atoms with Crippen molar-refractivity contribution < 1.29 is 26.7 Å². The summed E-state index contributed by atoms with van der Waals surface area (Å²) in [6, 6.07) is 13.7. The Balaban J connectivity index is 1.43. The number of halogens is 3. The molecule has 8 nitrogen and oxygen atoms in total. The van der Waals surface area contributed by atoms with E-state index >= 15 is 0 Å². The molecule has 2 aromatic heterocycles. The van der Waals surface area contributed by atoms with Crippen molar-refractivity contribution in [3.05, 3.63) is 54.1 Å². The van der Waals surface area contributed by atoms with Crippen LogP contribution in [-0.4, -0.2) is 70.2 Å². The predicted octanol–water partition coefficient (Wildman–Crippen LogP) is 4.73. The standard InChI is InChI=1S/C26H28F3N5O3S/c1-38(36,37)19-9-7-18(8-10-19)23-20(11-6-17-12-14-33(15-13-17)16-26(27,28)29)24(35)34(32-23)25-30-21-4-2-3-5-22(21)31-25/h2-5,7-10,17,35H,6,11-16H2,1H3,(H,30,31). The SMILES string of the molecule is CS(=O)(=O)c1ccc(-c2nn(-c3nc4ccccc4[nH]3)c(O)c2CCC2CCN(CC(F)(F)F)CC2)cc1. The van der Waals surface area contributed by atoms with Crippen molar-refractivity contribution in [3.63, 3.8) is 0 Å². The molecule has 0 saturated carbocycles. The molecule has 0 bridgehead atoms. The number of alkyl halides is 3. The van der Waals surface area contributed by atoms with Crippen LogP contribution in [0.2, 0.25) is 0 Å². The summed E-state index contributed by atoms with van der Waals surface area (Å²) in [5.74, 6) is 0.471. The number of aromatic amines is 1. The summed E-state index contributed by atoms with van der Waals surface area (Å²) in [6.07, 6.45) is -0.645. The van der Waals surface area contributed by atoms with E-state index in [0.29, 0.717) is 67.1 Å². The lowest BCUT2D eigenvalue weighted by atomic mass is 9.90. The number of rotatable bonds is 7. The third-order valence-electron chi connectivity index (χ3n) is 7.00. The molecule has 2 aromatic carbocycles. The van der Waals surface area contributed by atoms with Crippen molar-refractivity contribution in [3.8, 4) is 23.1 Å². The first-order valence-corrected chi connectivity index (χ1v) is 14.2. The number of likely N-dealkylation sites (tertiary alicyclic amines) is 1. The molecule has 0 atom stereocenters. The van der Waals surface area contributed by atoms with E-state index in [4.69, 9.17) is 0 Å². The highest BCUT2D eigenvalue weighted by Gasteiger charge is 2.32. The van der Waals surface area contributed by atoms with Gasteiger partial charge in [0.15, 0.2) is 9.84 Å². The van der Waals surface area contributed by atoms with E-state index in [-0.39, 0.29) is 16.7 Å². The number of hydrogen-bond acceptors (Lipinski definition) is 6. The molecular formula is C26H28F3N5O3S. The van der Waals surface area contributed by atoms with Crippen molar-refractivity contribution >= 4 is 20.9 Å². The van der Waals surface area contributed by atoms with Crippen molar-refractivity contribution in [2.75, 3.05) is 25.9 Å². The number of para-hydroxylation sites is 2. The van der Waals surface area contributed by atoms with Gasteiger partial charge in [-0.3, -0.25) is 4.90 Å². The summed E-state index contributed by atoms with van der Waals surface area (Å²) in [5.41, 5.74) is 3.21. The van der Waals surface area contributed by atoms with Gasteiger partial charge in [-0.05, 0) is 69.0 Å². The number of nitrogens with one attached hydrogen (secondary N) is 1. The molecule has 2 N–H and O–H groups in total. The van der Waals surface area contributed by atoms with Gasteiger partial charge in [-0.25, -0.2) is 13.4 Å². The highest BCUT2D eigenvalue weighted by atomic mass is 32.2. The normalized spacial score (nSPS) is 15.9. The molecule has 4 aromatic rings. The van der Waals surface area contributed by atoms with Crippen molar-refractivity contribution in [1.82, 2.24) is 24.6 Å². The Kier molecular flexibility index (Phi) is 6.95. The maximum atomic E-state index is 12.7. The molecule has 1 saturated heterocycles. The van der Waals surface area contributed by atoms with Gasteiger partial charge in [-0.1, -0.05) is 24.3 Å². The van der Waals surface area contributed by atoms with Gasteiger partial charge in [0, 0.05) is 17.4 Å². The second kappa shape index (κ2) is 10.1. The van der Waals surface area contributed by atoms with E-state index in [9.17, 15) is 26.7 Å². The molecule has 1 aliphatic rings. The van der Waals surface area contributed by atoms with Gasteiger partial charge in [-0.15, -0.1) is 0 Å². The van der Waals surface area contributed by atoms with Crippen LogP contribution in [-0.2, 0) is 16.3 Å². The highest BCUT2D eigenvalue weighted by Crippen LogP contribution is 2.35. The summed E-state index contributed by atoms with van der Waals surface area (Å²) >= 11 is 0. The van der Waals surface area contributed by atoms with E-state index in [1.165, 1.54) is 21.7 Å². The number of fused-ring (bicyclic) bond motifs is 1. The quantitative estimate of drug-likeness (QED) is 0.347. The maximum Gasteiger partial charge on any atom is 0.401 e. The second-order valence-electron chi connectivity index (χ2n) is 9.81. The summed E-state index contributed by atoms with van der Waals surface area (Å²) < 4.78 is 63.4. The molecule has 0 radical (unpaired) electrons. The number of hydrogen-bond donors (Lipinski definition) is 2. The number of H-pyrrole nitrogens is 1. The number of benzene rings is 2. The Morgan fingerprint density at radius 3 is 2.39 bits per heavy atom. The first kappa shape index (κ1) is 26.2. The van der Waals surface area contributed by atoms with Gasteiger partial charge in [-0.2, -0.15) is 23.0 Å². The van der Waals surface area contributed by atoms with E-state index in [0.717, 1.165) is 11.8 Å². The molecule has 202 valence electrons. The molecule has 0 amide bonds. The molecule has 12 heteroatoms. The maximum absolute atomic E-state index is 12.7. The van der Waals surface area contributed by atoms with E-state index in [1.807, 2.05) is 24.3 Å². The van der Waals surface area contributed by atoms with Crippen LogP contribution in [0.5, 0.6) is 5.88 Å². The molecule has 1 fully saturated rings. The third-order valence-corrected chi connectivity index (χ3v) is 8.13. The molecule has 0 unspecified atom stereocenters. The van der Waals surface area contributed by atoms with Crippen LogP contribution in [0.15, 0.2) is 53.4 Å². The van der Waals surface area contributed by atoms with Crippen LogP contribution in [0, 0.1) is 5.92 Å². The number of aromatic hydroxyl groups is 1. The lowest BCUT2D eigenvalue weighted by Gasteiger charge is -2.32. The Morgan fingerprint density at radius 1 is 1.08 bits per heavy atom. The minimum atomic E-state index is -4.20. The largest absolute Gasteiger partial charge is 0.493 e. The number of nitrogens with zero attached hydrogens (tertiary/aromatic N) is 4. The fourth-order valence-corrected chi connectivity index (χ4v) is 5.62. The highest BCUT2D eigenvalue weighted by molar-refractivity contribution is 7.90. The van der Waals surface area contributed by atoms with Gasteiger partial charge in [0.25, 0.3) is 0 Å². The van der Waals surface area contributed by atoms with Crippen molar-refractivity contribution in [1.29, 1.82) is 0 Å². The molecule has 0 spiro atoms. The summed E-state index contributed by atoms with van der Waals surface area (Å²) in [4.78, 5) is 9.30. The number of sulfone groups is 1. The van der Waals surface area contributed by atoms with E-state index in [1.54, 1.807) is 12.1 Å². The second-order valence-corrected chi connectivity index (χ2v) is 11.8. The Labute approximate surface area is 218 Å². The van der Waals surface area contributed by atoms with Gasteiger partial charge in [0.1, 0.15) is 5.69 Å².